The highest BCUT2D eigenvalue weighted by Crippen LogP contribution is 2.37. The predicted octanol–water partition coefficient (Wildman–Crippen LogP) is 2.76. The molecule has 0 bridgehead atoms. The fourth-order valence-corrected chi connectivity index (χ4v) is 4.74. The molecule has 0 aliphatic carbocycles. The number of benzene rings is 1. The SMILES string of the molecule is Cc1cc(Nc2ccn3ncnc(C4(O)CN(C(=O)/C=C/CN(C)C)C4)c23)ccc1Oc1ccn2ncnc2c1. The zero-order valence-corrected chi connectivity index (χ0v) is 22.4. The van der Waals surface area contributed by atoms with Gasteiger partial charge in [-0.2, -0.15) is 10.2 Å². The van der Waals surface area contributed by atoms with Gasteiger partial charge in [0.1, 0.15) is 41.0 Å². The van der Waals surface area contributed by atoms with Crippen molar-refractivity contribution in [1.29, 1.82) is 0 Å². The Kier molecular flexibility index (Phi) is 6.40. The minimum atomic E-state index is -1.27. The molecule has 40 heavy (non-hydrogen) atoms. The van der Waals surface area contributed by atoms with Gasteiger partial charge in [-0.05, 0) is 56.9 Å². The quantitative estimate of drug-likeness (QED) is 0.286. The number of aryl methyl sites for hydroxylation is 1. The predicted molar refractivity (Wildman–Crippen MR) is 149 cm³/mol. The summed E-state index contributed by atoms with van der Waals surface area (Å²) < 4.78 is 9.44. The average Bonchev–Trinajstić information content (AvgIpc) is 3.55. The number of hydrogen-bond acceptors (Lipinski definition) is 9. The van der Waals surface area contributed by atoms with Gasteiger partial charge >= 0.3 is 0 Å². The first-order chi connectivity index (χ1) is 19.3. The molecule has 0 unspecified atom stereocenters. The summed E-state index contributed by atoms with van der Waals surface area (Å²) in [5.74, 6) is 1.25. The number of fused-ring (bicyclic) bond motifs is 2. The lowest BCUT2D eigenvalue weighted by atomic mass is 9.89. The Morgan fingerprint density at radius 2 is 1.88 bits per heavy atom. The third kappa shape index (κ3) is 4.85. The van der Waals surface area contributed by atoms with Crippen molar-refractivity contribution >= 4 is 28.4 Å². The summed E-state index contributed by atoms with van der Waals surface area (Å²) in [5, 5.41) is 23.3. The van der Waals surface area contributed by atoms with Crippen molar-refractivity contribution in [2.45, 2.75) is 12.5 Å². The number of nitrogens with one attached hydrogen (secondary N) is 1. The molecule has 1 aliphatic rings. The number of likely N-dealkylation sites (tertiary alicyclic amines) is 1. The van der Waals surface area contributed by atoms with Gasteiger partial charge in [-0.3, -0.25) is 4.79 Å². The zero-order chi connectivity index (χ0) is 27.9. The molecule has 1 saturated heterocycles. The van der Waals surface area contributed by atoms with Crippen LogP contribution >= 0.6 is 0 Å². The van der Waals surface area contributed by atoms with Gasteiger partial charge in [0.15, 0.2) is 5.65 Å². The molecule has 1 aromatic carbocycles. The smallest absolute Gasteiger partial charge is 0.246 e. The Morgan fingerprint density at radius 1 is 1.10 bits per heavy atom. The molecule has 2 N–H and O–H groups in total. The van der Waals surface area contributed by atoms with Gasteiger partial charge in [-0.15, -0.1) is 0 Å². The molecule has 12 heteroatoms. The van der Waals surface area contributed by atoms with E-state index in [1.165, 1.54) is 12.7 Å². The van der Waals surface area contributed by atoms with Crippen molar-refractivity contribution < 1.29 is 14.6 Å². The molecule has 4 aromatic heterocycles. The van der Waals surface area contributed by atoms with Crippen LogP contribution < -0.4 is 10.1 Å². The number of aromatic nitrogens is 6. The number of pyridine rings is 1. The molecule has 1 aliphatic heterocycles. The number of likely N-dealkylation sites (N-methyl/N-ethyl adjacent to an activating group) is 1. The van der Waals surface area contributed by atoms with Crippen molar-refractivity contribution in [3.05, 3.63) is 84.9 Å². The lowest BCUT2D eigenvalue weighted by molar-refractivity contribution is -0.152. The number of rotatable bonds is 8. The van der Waals surface area contributed by atoms with E-state index < -0.39 is 5.60 Å². The summed E-state index contributed by atoms with van der Waals surface area (Å²) in [5.41, 5.74) is 3.06. The van der Waals surface area contributed by atoms with Gasteiger partial charge in [-0.25, -0.2) is 19.0 Å². The number of nitrogens with zero attached hydrogens (tertiary/aromatic N) is 8. The third-order valence-corrected chi connectivity index (χ3v) is 6.78. The van der Waals surface area contributed by atoms with Gasteiger partial charge in [0.05, 0.1) is 18.8 Å². The fraction of sp³-hybridized carbons (Fsp3) is 0.250. The molecule has 1 amide bonds. The van der Waals surface area contributed by atoms with E-state index in [4.69, 9.17) is 4.74 Å². The first-order valence-corrected chi connectivity index (χ1v) is 12.8. The topological polar surface area (TPSA) is 125 Å². The van der Waals surface area contributed by atoms with Crippen molar-refractivity contribution in [1.82, 2.24) is 39.0 Å². The van der Waals surface area contributed by atoms with Gasteiger partial charge in [-0.1, -0.05) is 6.08 Å². The summed E-state index contributed by atoms with van der Waals surface area (Å²) in [4.78, 5) is 24.7. The molecule has 204 valence electrons. The van der Waals surface area contributed by atoms with Crippen LogP contribution in [0.4, 0.5) is 11.4 Å². The maximum atomic E-state index is 12.5. The standard InChI is InChI=1S/C28H29N9O3/c1-19-13-20(6-7-23(19)40-21-8-11-36-24(14-21)29-17-31-36)33-22-9-12-37-26(22)27(30-18-32-37)28(39)15-35(16-28)25(38)5-4-10-34(2)3/h4-9,11-14,17-18,33,39H,10,15-16H2,1-3H3/b5-4+. The van der Waals surface area contributed by atoms with Crippen LogP contribution in [0.2, 0.25) is 0 Å². The zero-order valence-electron chi connectivity index (χ0n) is 22.4. The summed E-state index contributed by atoms with van der Waals surface area (Å²) in [6, 6.07) is 11.3. The number of aliphatic hydroxyl groups is 1. The minimum Gasteiger partial charge on any atom is -0.457 e. The minimum absolute atomic E-state index is 0.135. The Morgan fingerprint density at radius 3 is 2.67 bits per heavy atom. The van der Waals surface area contributed by atoms with E-state index >= 15 is 0 Å². The molecule has 12 nitrogen and oxygen atoms in total. The van der Waals surface area contributed by atoms with E-state index in [2.05, 4.69) is 25.5 Å². The molecule has 0 radical (unpaired) electrons. The van der Waals surface area contributed by atoms with Crippen LogP contribution in [0.5, 0.6) is 11.5 Å². The van der Waals surface area contributed by atoms with E-state index in [-0.39, 0.29) is 19.0 Å². The first-order valence-electron chi connectivity index (χ1n) is 12.8. The molecular formula is C28H29N9O3. The van der Waals surface area contributed by atoms with Crippen molar-refractivity contribution in [2.75, 3.05) is 39.0 Å². The molecule has 0 atom stereocenters. The second-order valence-electron chi connectivity index (χ2n) is 10.2. The number of β-amino-alcohol motifs (C(OH)–C–C–N with tert-alkyl or cyclic N) is 1. The maximum absolute atomic E-state index is 12.5. The number of carbonyl (C=O) groups is 1. The Labute approximate surface area is 230 Å². The van der Waals surface area contributed by atoms with Crippen molar-refractivity contribution in [2.24, 2.45) is 0 Å². The number of hydrogen-bond donors (Lipinski definition) is 2. The molecule has 6 rings (SSSR count). The highest BCUT2D eigenvalue weighted by Gasteiger charge is 2.47. The van der Waals surface area contributed by atoms with Crippen LogP contribution in [0.3, 0.4) is 0 Å². The highest BCUT2D eigenvalue weighted by molar-refractivity contribution is 5.89. The third-order valence-electron chi connectivity index (χ3n) is 6.78. The van der Waals surface area contributed by atoms with Crippen LogP contribution in [-0.4, -0.2) is 83.7 Å². The Bertz CT molecular complexity index is 1730. The second kappa shape index (κ2) is 10.1. The van der Waals surface area contributed by atoms with E-state index in [0.29, 0.717) is 34.9 Å². The van der Waals surface area contributed by atoms with E-state index in [1.54, 1.807) is 26.2 Å². The molecule has 1 fully saturated rings. The second-order valence-corrected chi connectivity index (χ2v) is 10.2. The van der Waals surface area contributed by atoms with Crippen LogP contribution in [0, 0.1) is 6.92 Å². The van der Waals surface area contributed by atoms with Crippen LogP contribution in [0.15, 0.2) is 73.6 Å². The van der Waals surface area contributed by atoms with Crippen LogP contribution in [-0.2, 0) is 10.4 Å². The molecule has 0 spiro atoms. The number of ether oxygens (including phenoxy) is 1. The van der Waals surface area contributed by atoms with Crippen LogP contribution in [0.1, 0.15) is 11.3 Å². The molecule has 5 aromatic rings. The lowest BCUT2D eigenvalue weighted by Crippen LogP contribution is -2.61. The van der Waals surface area contributed by atoms with E-state index in [1.807, 2.05) is 74.6 Å². The molecule has 0 saturated carbocycles. The molecule has 5 heterocycles. The largest absolute Gasteiger partial charge is 0.457 e. The average molecular weight is 540 g/mol. The Balaban J connectivity index is 1.20. The first kappa shape index (κ1) is 25.5. The fourth-order valence-electron chi connectivity index (χ4n) is 4.74. The van der Waals surface area contributed by atoms with Gasteiger partial charge in [0, 0.05) is 36.8 Å². The summed E-state index contributed by atoms with van der Waals surface area (Å²) >= 11 is 0. The normalized spacial score (nSPS) is 14.8. The number of amides is 1. The number of carbonyl (C=O) groups excluding carboxylic acids is 1. The van der Waals surface area contributed by atoms with Gasteiger partial charge < -0.3 is 25.0 Å². The highest BCUT2D eigenvalue weighted by atomic mass is 16.5. The van der Waals surface area contributed by atoms with Crippen molar-refractivity contribution in [3.63, 3.8) is 0 Å². The van der Waals surface area contributed by atoms with Gasteiger partial charge in [0.2, 0.25) is 5.91 Å². The summed E-state index contributed by atoms with van der Waals surface area (Å²) in [6.07, 6.45) is 9.87. The lowest BCUT2D eigenvalue weighted by Gasteiger charge is -2.45. The summed E-state index contributed by atoms with van der Waals surface area (Å²) in [7, 11) is 3.87. The summed E-state index contributed by atoms with van der Waals surface area (Å²) in [6.45, 7) is 2.95. The van der Waals surface area contributed by atoms with Gasteiger partial charge in [0.25, 0.3) is 0 Å². The Hall–Kier alpha value is -4.81. The van der Waals surface area contributed by atoms with E-state index in [9.17, 15) is 9.90 Å². The number of anilines is 2. The molecular weight excluding hydrogens is 510 g/mol. The maximum Gasteiger partial charge on any atom is 0.246 e. The van der Waals surface area contributed by atoms with Crippen molar-refractivity contribution in [3.8, 4) is 11.5 Å². The monoisotopic (exact) mass is 539 g/mol. The van der Waals surface area contributed by atoms with Crippen LogP contribution in [0.25, 0.3) is 11.2 Å². The van der Waals surface area contributed by atoms with E-state index in [0.717, 1.165) is 16.9 Å².